The summed E-state index contributed by atoms with van der Waals surface area (Å²) < 4.78 is 5.31. The van der Waals surface area contributed by atoms with Gasteiger partial charge in [0.2, 0.25) is 0 Å². The van der Waals surface area contributed by atoms with Gasteiger partial charge in [0.25, 0.3) is 0 Å². The third-order valence-electron chi connectivity index (χ3n) is 3.07. The van der Waals surface area contributed by atoms with Crippen molar-refractivity contribution in [3.05, 3.63) is 71.3 Å². The molecule has 2 aromatic rings. The Morgan fingerprint density at radius 3 is 2.37 bits per heavy atom. The Kier molecular flexibility index (Phi) is 4.37. The molecule has 1 atom stereocenters. The molecule has 0 bridgehead atoms. The van der Waals surface area contributed by atoms with Crippen LogP contribution >= 0.6 is 0 Å². The molecule has 1 N–H and O–H groups in total. The second kappa shape index (κ2) is 6.21. The zero-order chi connectivity index (χ0) is 13.7. The number of methoxy groups -OCH3 is 1. The second-order valence-corrected chi connectivity index (χ2v) is 4.44. The van der Waals surface area contributed by atoms with E-state index in [1.165, 1.54) is 0 Å². The Morgan fingerprint density at radius 2 is 1.68 bits per heavy atom. The highest BCUT2D eigenvalue weighted by Crippen LogP contribution is 2.26. The van der Waals surface area contributed by atoms with Crippen molar-refractivity contribution >= 4 is 6.08 Å². The number of rotatable bonds is 4. The van der Waals surface area contributed by atoms with E-state index >= 15 is 0 Å². The Morgan fingerprint density at radius 1 is 1.05 bits per heavy atom. The van der Waals surface area contributed by atoms with E-state index in [2.05, 4.69) is 0 Å². The molecule has 0 aromatic heterocycles. The van der Waals surface area contributed by atoms with Crippen LogP contribution in [0.3, 0.4) is 0 Å². The molecule has 2 aromatic carbocycles. The van der Waals surface area contributed by atoms with E-state index in [0.717, 1.165) is 22.4 Å². The first kappa shape index (κ1) is 13.4. The maximum absolute atomic E-state index is 10.3. The third-order valence-corrected chi connectivity index (χ3v) is 3.07. The zero-order valence-corrected chi connectivity index (χ0v) is 11.2. The fourth-order valence-electron chi connectivity index (χ4n) is 2.01. The normalized spacial score (nSPS) is 13.1. The molecule has 0 aliphatic heterocycles. The van der Waals surface area contributed by atoms with Crippen LogP contribution in [0.2, 0.25) is 0 Å². The first-order valence-corrected chi connectivity index (χ1v) is 6.26. The van der Waals surface area contributed by atoms with Crippen molar-refractivity contribution in [2.45, 2.75) is 13.0 Å². The average molecular weight is 254 g/mol. The zero-order valence-electron chi connectivity index (χ0n) is 11.2. The predicted octanol–water partition coefficient (Wildman–Crippen LogP) is 3.83. The Hall–Kier alpha value is -2.06. The van der Waals surface area contributed by atoms with Gasteiger partial charge in [-0.1, -0.05) is 48.5 Å². The molecule has 0 saturated heterocycles. The quantitative estimate of drug-likeness (QED) is 0.898. The lowest BCUT2D eigenvalue weighted by atomic mass is 10.0. The highest BCUT2D eigenvalue weighted by molar-refractivity contribution is 5.60. The summed E-state index contributed by atoms with van der Waals surface area (Å²) in [5.41, 5.74) is 2.75. The summed E-state index contributed by atoms with van der Waals surface area (Å²) in [6.07, 6.45) is 1.36. The van der Waals surface area contributed by atoms with Crippen molar-refractivity contribution in [3.63, 3.8) is 0 Å². The van der Waals surface area contributed by atoms with Crippen LogP contribution in [-0.4, -0.2) is 12.2 Å². The molecule has 2 nitrogen and oxygen atoms in total. The smallest absolute Gasteiger partial charge is 0.126 e. The van der Waals surface area contributed by atoms with Crippen LogP contribution in [0.5, 0.6) is 5.75 Å². The first-order chi connectivity index (χ1) is 9.22. The predicted molar refractivity (Wildman–Crippen MR) is 78.0 cm³/mol. The van der Waals surface area contributed by atoms with Gasteiger partial charge in [-0.15, -0.1) is 0 Å². The number of aliphatic hydroxyl groups excluding tert-OH is 1. The van der Waals surface area contributed by atoms with Crippen molar-refractivity contribution in [2.75, 3.05) is 7.11 Å². The van der Waals surface area contributed by atoms with Gasteiger partial charge in [-0.25, -0.2) is 0 Å². The van der Waals surface area contributed by atoms with Gasteiger partial charge in [0.05, 0.1) is 7.11 Å². The highest BCUT2D eigenvalue weighted by atomic mass is 16.5. The van der Waals surface area contributed by atoms with E-state index in [-0.39, 0.29) is 0 Å². The van der Waals surface area contributed by atoms with Crippen LogP contribution in [0, 0.1) is 0 Å². The Labute approximate surface area is 114 Å². The number of hydrogen-bond donors (Lipinski definition) is 1. The molecule has 19 heavy (non-hydrogen) atoms. The standard InChI is InChI=1S/C17H18O2/c1-13(17(18)14-8-4-3-5-9-14)12-15-10-6-7-11-16(15)19-2/h3-12,17-18H,1-2H3/b13-12+/t17-/m0/s1. The molecule has 0 amide bonds. The SMILES string of the molecule is COc1ccccc1/C=C(\C)[C@H](O)c1ccccc1. The highest BCUT2D eigenvalue weighted by Gasteiger charge is 2.09. The molecular weight excluding hydrogens is 236 g/mol. The number of hydrogen-bond acceptors (Lipinski definition) is 2. The van der Waals surface area contributed by atoms with Crippen LogP contribution in [0.4, 0.5) is 0 Å². The van der Waals surface area contributed by atoms with Crippen LogP contribution in [0.1, 0.15) is 24.2 Å². The summed E-state index contributed by atoms with van der Waals surface area (Å²) in [6, 6.07) is 17.4. The van der Waals surface area contributed by atoms with Gasteiger partial charge >= 0.3 is 0 Å². The lowest BCUT2D eigenvalue weighted by Gasteiger charge is -2.12. The molecule has 0 saturated carbocycles. The molecule has 2 rings (SSSR count). The third kappa shape index (κ3) is 3.24. The van der Waals surface area contributed by atoms with Gasteiger partial charge in [-0.05, 0) is 30.2 Å². The van der Waals surface area contributed by atoms with Crippen molar-refractivity contribution in [2.24, 2.45) is 0 Å². The van der Waals surface area contributed by atoms with Crippen molar-refractivity contribution in [1.29, 1.82) is 0 Å². The van der Waals surface area contributed by atoms with Gasteiger partial charge in [0, 0.05) is 5.56 Å². The Bertz CT molecular complexity index is 558. The summed E-state index contributed by atoms with van der Waals surface area (Å²) in [6.45, 7) is 1.92. The van der Waals surface area contributed by atoms with Gasteiger partial charge in [-0.2, -0.15) is 0 Å². The van der Waals surface area contributed by atoms with E-state index < -0.39 is 6.10 Å². The topological polar surface area (TPSA) is 29.5 Å². The van der Waals surface area contributed by atoms with Gasteiger partial charge in [0.15, 0.2) is 0 Å². The lowest BCUT2D eigenvalue weighted by Crippen LogP contribution is -1.98. The molecule has 0 spiro atoms. The van der Waals surface area contributed by atoms with Gasteiger partial charge < -0.3 is 9.84 Å². The van der Waals surface area contributed by atoms with Gasteiger partial charge in [-0.3, -0.25) is 0 Å². The van der Waals surface area contributed by atoms with Crippen LogP contribution in [0.25, 0.3) is 6.08 Å². The summed E-state index contributed by atoms with van der Waals surface area (Å²) >= 11 is 0. The average Bonchev–Trinajstić information content (AvgIpc) is 2.48. The van der Waals surface area contributed by atoms with Crippen molar-refractivity contribution in [3.8, 4) is 5.75 Å². The van der Waals surface area contributed by atoms with Gasteiger partial charge in [0.1, 0.15) is 11.9 Å². The fourth-order valence-corrected chi connectivity index (χ4v) is 2.01. The second-order valence-electron chi connectivity index (χ2n) is 4.44. The molecule has 2 heteroatoms. The summed E-state index contributed by atoms with van der Waals surface area (Å²) in [4.78, 5) is 0. The largest absolute Gasteiger partial charge is 0.496 e. The van der Waals surface area contributed by atoms with Crippen LogP contribution < -0.4 is 4.74 Å². The van der Waals surface area contributed by atoms with E-state index in [9.17, 15) is 5.11 Å². The monoisotopic (exact) mass is 254 g/mol. The lowest BCUT2D eigenvalue weighted by molar-refractivity contribution is 0.217. The molecule has 0 fully saturated rings. The maximum Gasteiger partial charge on any atom is 0.126 e. The van der Waals surface area contributed by atoms with E-state index in [4.69, 9.17) is 4.74 Å². The summed E-state index contributed by atoms with van der Waals surface area (Å²) in [5.74, 6) is 0.808. The molecule has 98 valence electrons. The summed E-state index contributed by atoms with van der Waals surface area (Å²) in [5, 5.41) is 10.3. The Balaban J connectivity index is 2.28. The minimum Gasteiger partial charge on any atom is -0.496 e. The number of aliphatic hydroxyl groups is 1. The van der Waals surface area contributed by atoms with Crippen molar-refractivity contribution < 1.29 is 9.84 Å². The summed E-state index contributed by atoms with van der Waals surface area (Å²) in [7, 11) is 1.65. The molecule has 0 aliphatic carbocycles. The van der Waals surface area contributed by atoms with E-state index in [1.807, 2.05) is 67.6 Å². The molecule has 0 aliphatic rings. The molecule has 0 radical (unpaired) electrons. The van der Waals surface area contributed by atoms with E-state index in [1.54, 1.807) is 7.11 Å². The van der Waals surface area contributed by atoms with Crippen LogP contribution in [0.15, 0.2) is 60.2 Å². The fraction of sp³-hybridized carbons (Fsp3) is 0.176. The molecule has 0 unspecified atom stereocenters. The van der Waals surface area contributed by atoms with Crippen LogP contribution in [-0.2, 0) is 0 Å². The van der Waals surface area contributed by atoms with Crippen molar-refractivity contribution in [1.82, 2.24) is 0 Å². The minimum absolute atomic E-state index is 0.592. The molecule has 0 heterocycles. The molecular formula is C17H18O2. The number of para-hydroxylation sites is 1. The minimum atomic E-state index is -0.592. The number of benzene rings is 2. The number of ether oxygens (including phenoxy) is 1. The maximum atomic E-state index is 10.3. The first-order valence-electron chi connectivity index (χ1n) is 6.26. The van der Waals surface area contributed by atoms with E-state index in [0.29, 0.717) is 0 Å².